The monoisotopic (exact) mass is 330 g/mol. The molecule has 0 unspecified atom stereocenters. The lowest BCUT2D eigenvalue weighted by Gasteiger charge is -2.23. The Bertz CT molecular complexity index is 433. The van der Waals surface area contributed by atoms with Gasteiger partial charge in [0.05, 0.1) is 10.7 Å². The highest BCUT2D eigenvalue weighted by molar-refractivity contribution is 9.10. The molecule has 0 radical (unpaired) electrons. The molecule has 2 N–H and O–H groups in total. The highest BCUT2D eigenvalue weighted by Crippen LogP contribution is 2.25. The molecule has 1 aliphatic carbocycles. The molecular formula is C13H16BrClN2O. The Morgan fingerprint density at radius 1 is 1.28 bits per heavy atom. The van der Waals surface area contributed by atoms with E-state index >= 15 is 0 Å². The van der Waals surface area contributed by atoms with Crippen LogP contribution in [0.1, 0.15) is 32.1 Å². The average molecular weight is 332 g/mol. The van der Waals surface area contributed by atoms with Gasteiger partial charge in [-0.1, -0.05) is 46.8 Å². The van der Waals surface area contributed by atoms with Gasteiger partial charge in [0.15, 0.2) is 0 Å². The molecule has 0 atom stereocenters. The van der Waals surface area contributed by atoms with Crippen molar-refractivity contribution in [2.45, 2.75) is 38.1 Å². The zero-order valence-corrected chi connectivity index (χ0v) is 12.4. The van der Waals surface area contributed by atoms with Gasteiger partial charge in [-0.15, -0.1) is 0 Å². The van der Waals surface area contributed by atoms with Crippen molar-refractivity contribution < 1.29 is 4.79 Å². The fourth-order valence-corrected chi connectivity index (χ4v) is 2.90. The summed E-state index contributed by atoms with van der Waals surface area (Å²) in [7, 11) is 0. The van der Waals surface area contributed by atoms with Crippen LogP contribution >= 0.6 is 27.5 Å². The van der Waals surface area contributed by atoms with Crippen LogP contribution in [0.2, 0.25) is 5.02 Å². The Kier molecular flexibility index (Phi) is 4.89. The Labute approximate surface area is 120 Å². The van der Waals surface area contributed by atoms with E-state index in [1.165, 1.54) is 19.3 Å². The first-order valence-corrected chi connectivity index (χ1v) is 7.35. The number of amides is 2. The van der Waals surface area contributed by atoms with Gasteiger partial charge in [0.2, 0.25) is 0 Å². The number of anilines is 1. The summed E-state index contributed by atoms with van der Waals surface area (Å²) in [6.07, 6.45) is 5.81. The van der Waals surface area contributed by atoms with Crippen LogP contribution in [0.5, 0.6) is 0 Å². The largest absolute Gasteiger partial charge is 0.335 e. The maximum Gasteiger partial charge on any atom is 0.319 e. The molecule has 1 aromatic rings. The summed E-state index contributed by atoms with van der Waals surface area (Å²) in [5, 5.41) is 6.30. The number of hydrogen-bond donors (Lipinski definition) is 2. The summed E-state index contributed by atoms with van der Waals surface area (Å²) < 4.78 is 0.894. The lowest BCUT2D eigenvalue weighted by Crippen LogP contribution is -2.39. The Morgan fingerprint density at radius 3 is 2.67 bits per heavy atom. The molecule has 0 bridgehead atoms. The van der Waals surface area contributed by atoms with Gasteiger partial charge in [-0.2, -0.15) is 0 Å². The van der Waals surface area contributed by atoms with E-state index in [9.17, 15) is 4.79 Å². The van der Waals surface area contributed by atoms with Gasteiger partial charge < -0.3 is 10.6 Å². The number of halogens is 2. The van der Waals surface area contributed by atoms with Crippen LogP contribution in [0.3, 0.4) is 0 Å². The first-order valence-electron chi connectivity index (χ1n) is 6.18. The van der Waals surface area contributed by atoms with E-state index in [4.69, 9.17) is 11.6 Å². The second-order valence-corrected chi connectivity index (χ2v) is 5.88. The maximum atomic E-state index is 11.8. The molecule has 1 fully saturated rings. The van der Waals surface area contributed by atoms with Crippen molar-refractivity contribution in [1.82, 2.24) is 5.32 Å². The fourth-order valence-electron chi connectivity index (χ4n) is 2.18. The van der Waals surface area contributed by atoms with Crippen molar-refractivity contribution >= 4 is 39.2 Å². The molecule has 1 aliphatic rings. The van der Waals surface area contributed by atoms with E-state index in [1.807, 2.05) is 6.07 Å². The van der Waals surface area contributed by atoms with Crippen molar-refractivity contribution in [3.05, 3.63) is 27.7 Å². The third-order valence-electron chi connectivity index (χ3n) is 3.12. The molecule has 18 heavy (non-hydrogen) atoms. The van der Waals surface area contributed by atoms with Crippen molar-refractivity contribution in [2.75, 3.05) is 5.32 Å². The van der Waals surface area contributed by atoms with Crippen LogP contribution < -0.4 is 10.6 Å². The predicted octanol–water partition coefficient (Wildman–Crippen LogP) is 4.56. The number of hydrogen-bond acceptors (Lipinski definition) is 1. The molecule has 1 aromatic carbocycles. The van der Waals surface area contributed by atoms with E-state index in [-0.39, 0.29) is 6.03 Å². The van der Waals surface area contributed by atoms with Gasteiger partial charge >= 0.3 is 6.03 Å². The summed E-state index contributed by atoms with van der Waals surface area (Å²) >= 11 is 9.37. The first kappa shape index (κ1) is 13.7. The van der Waals surface area contributed by atoms with Gasteiger partial charge in [0, 0.05) is 10.5 Å². The summed E-state index contributed by atoms with van der Waals surface area (Å²) in [6.45, 7) is 0. The first-order chi connectivity index (χ1) is 8.65. The fraction of sp³-hybridized carbons (Fsp3) is 0.462. The van der Waals surface area contributed by atoms with Crippen LogP contribution in [0.4, 0.5) is 10.5 Å². The van der Waals surface area contributed by atoms with E-state index in [0.717, 1.165) is 17.3 Å². The zero-order chi connectivity index (χ0) is 13.0. The number of benzene rings is 1. The van der Waals surface area contributed by atoms with Crippen molar-refractivity contribution in [3.8, 4) is 0 Å². The van der Waals surface area contributed by atoms with Gasteiger partial charge in [-0.3, -0.25) is 0 Å². The number of nitrogens with one attached hydrogen (secondary N) is 2. The van der Waals surface area contributed by atoms with Crippen LogP contribution in [0, 0.1) is 0 Å². The highest BCUT2D eigenvalue weighted by atomic mass is 79.9. The van der Waals surface area contributed by atoms with Crippen molar-refractivity contribution in [3.63, 3.8) is 0 Å². The third-order valence-corrected chi connectivity index (χ3v) is 3.93. The van der Waals surface area contributed by atoms with Crippen LogP contribution in [-0.4, -0.2) is 12.1 Å². The summed E-state index contributed by atoms with van der Waals surface area (Å²) in [5.74, 6) is 0. The quantitative estimate of drug-likeness (QED) is 0.819. The zero-order valence-electron chi connectivity index (χ0n) is 10.0. The molecule has 2 rings (SSSR count). The SMILES string of the molecule is O=C(Nc1ccc(Br)cc1Cl)NC1CCCCC1. The topological polar surface area (TPSA) is 41.1 Å². The summed E-state index contributed by atoms with van der Waals surface area (Å²) in [4.78, 5) is 11.8. The molecule has 3 nitrogen and oxygen atoms in total. The van der Waals surface area contributed by atoms with E-state index in [2.05, 4.69) is 26.6 Å². The molecule has 98 valence electrons. The van der Waals surface area contributed by atoms with Gasteiger partial charge in [-0.05, 0) is 31.0 Å². The third kappa shape index (κ3) is 3.89. The minimum absolute atomic E-state index is 0.175. The Morgan fingerprint density at radius 2 is 2.00 bits per heavy atom. The van der Waals surface area contributed by atoms with E-state index in [1.54, 1.807) is 12.1 Å². The lowest BCUT2D eigenvalue weighted by molar-refractivity contribution is 0.244. The average Bonchev–Trinajstić information content (AvgIpc) is 2.34. The van der Waals surface area contributed by atoms with Gasteiger partial charge in [-0.25, -0.2) is 4.79 Å². The Hall–Kier alpha value is -0.740. The normalized spacial score (nSPS) is 16.3. The number of rotatable bonds is 2. The molecule has 0 spiro atoms. The maximum absolute atomic E-state index is 11.8. The standard InChI is InChI=1S/C13H16BrClN2O/c14-9-6-7-12(11(15)8-9)17-13(18)16-10-4-2-1-3-5-10/h6-8,10H,1-5H2,(H2,16,17,18). The second kappa shape index (κ2) is 6.43. The number of carbonyl (C=O) groups excluding carboxylic acids is 1. The molecule has 0 aliphatic heterocycles. The molecule has 0 heterocycles. The van der Waals surface area contributed by atoms with Crippen LogP contribution in [0.15, 0.2) is 22.7 Å². The number of carbonyl (C=O) groups is 1. The smallest absolute Gasteiger partial charge is 0.319 e. The molecule has 0 aromatic heterocycles. The van der Waals surface area contributed by atoms with Crippen molar-refractivity contribution in [1.29, 1.82) is 0 Å². The second-order valence-electron chi connectivity index (χ2n) is 4.56. The summed E-state index contributed by atoms with van der Waals surface area (Å²) in [5.41, 5.74) is 0.633. The molecule has 2 amide bonds. The summed E-state index contributed by atoms with van der Waals surface area (Å²) in [6, 6.07) is 5.52. The highest BCUT2D eigenvalue weighted by Gasteiger charge is 2.16. The number of urea groups is 1. The minimum Gasteiger partial charge on any atom is -0.335 e. The van der Waals surface area contributed by atoms with E-state index < -0.39 is 0 Å². The van der Waals surface area contributed by atoms with Gasteiger partial charge in [0.1, 0.15) is 0 Å². The van der Waals surface area contributed by atoms with Crippen molar-refractivity contribution in [2.24, 2.45) is 0 Å². The van der Waals surface area contributed by atoms with Crippen LogP contribution in [-0.2, 0) is 0 Å². The molecule has 0 saturated heterocycles. The molecule has 5 heteroatoms. The predicted molar refractivity (Wildman–Crippen MR) is 78.2 cm³/mol. The lowest BCUT2D eigenvalue weighted by atomic mass is 9.96. The molecular weight excluding hydrogens is 316 g/mol. The van der Waals surface area contributed by atoms with E-state index in [0.29, 0.717) is 16.8 Å². The Balaban J connectivity index is 1.90. The van der Waals surface area contributed by atoms with Crippen LogP contribution in [0.25, 0.3) is 0 Å². The molecule has 1 saturated carbocycles. The minimum atomic E-state index is -0.175. The van der Waals surface area contributed by atoms with Gasteiger partial charge in [0.25, 0.3) is 0 Å².